The third-order valence-corrected chi connectivity index (χ3v) is 4.12. The zero-order valence-corrected chi connectivity index (χ0v) is 12.9. The van der Waals surface area contributed by atoms with Gasteiger partial charge in [0.15, 0.2) is 0 Å². The molecule has 0 bridgehead atoms. The van der Waals surface area contributed by atoms with Crippen LogP contribution in [0.1, 0.15) is 17.2 Å². The van der Waals surface area contributed by atoms with Crippen LogP contribution in [0.4, 0.5) is 4.39 Å². The molecule has 0 saturated carbocycles. The van der Waals surface area contributed by atoms with E-state index in [4.69, 9.17) is 28.9 Å². The average molecular weight is 363 g/mol. The maximum atomic E-state index is 13.0. The van der Waals surface area contributed by atoms with Crippen molar-refractivity contribution in [1.82, 2.24) is 0 Å². The Hall–Kier alpha value is -0.610. The van der Waals surface area contributed by atoms with Crippen LogP contribution < -0.4 is 5.73 Å². The summed E-state index contributed by atoms with van der Waals surface area (Å²) in [5.41, 5.74) is 7.87. The van der Waals surface area contributed by atoms with E-state index in [0.29, 0.717) is 16.5 Å². The molecule has 1 nitrogen and oxygen atoms in total. The fourth-order valence-corrected chi connectivity index (χ4v) is 2.80. The van der Waals surface area contributed by atoms with Crippen molar-refractivity contribution < 1.29 is 4.39 Å². The first-order valence-electron chi connectivity index (χ1n) is 5.62. The van der Waals surface area contributed by atoms with Crippen LogP contribution in [0.25, 0.3) is 0 Å². The molecule has 0 radical (unpaired) electrons. The maximum absolute atomic E-state index is 13.0. The summed E-state index contributed by atoms with van der Waals surface area (Å²) in [6, 6.07) is 9.49. The van der Waals surface area contributed by atoms with E-state index in [1.807, 2.05) is 12.1 Å². The van der Waals surface area contributed by atoms with Gasteiger partial charge in [-0.2, -0.15) is 0 Å². The molecule has 0 fully saturated rings. The number of rotatable bonds is 3. The molecule has 100 valence electrons. The first-order valence-corrected chi connectivity index (χ1v) is 7.16. The molecule has 5 heteroatoms. The Balaban J connectivity index is 2.25. The molecule has 2 rings (SSSR count). The van der Waals surface area contributed by atoms with E-state index in [2.05, 4.69) is 15.9 Å². The zero-order chi connectivity index (χ0) is 14.0. The minimum atomic E-state index is -0.355. The van der Waals surface area contributed by atoms with Crippen molar-refractivity contribution in [2.24, 2.45) is 5.73 Å². The van der Waals surface area contributed by atoms with Crippen LogP contribution in [0, 0.1) is 5.82 Å². The number of halogens is 4. The van der Waals surface area contributed by atoms with E-state index in [1.54, 1.807) is 12.1 Å². The Morgan fingerprint density at radius 3 is 2.58 bits per heavy atom. The van der Waals surface area contributed by atoms with Gasteiger partial charge in [-0.05, 0) is 47.9 Å². The number of nitrogens with two attached hydrogens (primary N) is 1. The summed E-state index contributed by atoms with van der Waals surface area (Å²) in [5.74, 6) is -0.355. The van der Waals surface area contributed by atoms with Gasteiger partial charge in [0.25, 0.3) is 0 Å². The second kappa shape index (κ2) is 6.23. The van der Waals surface area contributed by atoms with E-state index in [1.165, 1.54) is 12.1 Å². The van der Waals surface area contributed by atoms with Gasteiger partial charge in [0.05, 0.1) is 0 Å². The number of hydrogen-bond donors (Lipinski definition) is 1. The van der Waals surface area contributed by atoms with Crippen molar-refractivity contribution >= 4 is 39.1 Å². The van der Waals surface area contributed by atoms with Crippen LogP contribution in [0.2, 0.25) is 10.0 Å². The van der Waals surface area contributed by atoms with Crippen molar-refractivity contribution in [2.75, 3.05) is 0 Å². The molecule has 0 aromatic heterocycles. The van der Waals surface area contributed by atoms with Crippen molar-refractivity contribution in [2.45, 2.75) is 12.5 Å². The summed E-state index contributed by atoms with van der Waals surface area (Å²) in [5, 5.41) is 1.01. The first kappa shape index (κ1) is 14.8. The van der Waals surface area contributed by atoms with Gasteiger partial charge in [-0.25, -0.2) is 4.39 Å². The first-order chi connectivity index (χ1) is 8.97. The molecule has 1 atom stereocenters. The van der Waals surface area contributed by atoms with Crippen LogP contribution in [0.15, 0.2) is 40.9 Å². The molecule has 0 aliphatic rings. The van der Waals surface area contributed by atoms with Gasteiger partial charge in [0.1, 0.15) is 5.82 Å². The highest BCUT2D eigenvalue weighted by Crippen LogP contribution is 2.29. The van der Waals surface area contributed by atoms with E-state index in [9.17, 15) is 4.39 Å². The van der Waals surface area contributed by atoms with E-state index < -0.39 is 0 Å². The SMILES string of the molecule is NC(Cc1ccc(F)cc1Cl)c1cc(Cl)ccc1Br. The predicted molar refractivity (Wildman–Crippen MR) is 81.2 cm³/mol. The lowest BCUT2D eigenvalue weighted by molar-refractivity contribution is 0.625. The quantitative estimate of drug-likeness (QED) is 0.803. The second-order valence-corrected chi connectivity index (χ2v) is 5.91. The third-order valence-electron chi connectivity index (χ3n) is 2.81. The molecule has 0 aliphatic heterocycles. The second-order valence-electron chi connectivity index (χ2n) is 4.21. The summed E-state index contributed by atoms with van der Waals surface area (Å²) in [6.07, 6.45) is 0.512. The Morgan fingerprint density at radius 1 is 1.16 bits per heavy atom. The Morgan fingerprint density at radius 2 is 1.89 bits per heavy atom. The lowest BCUT2D eigenvalue weighted by Crippen LogP contribution is -2.14. The maximum Gasteiger partial charge on any atom is 0.124 e. The summed E-state index contributed by atoms with van der Waals surface area (Å²) in [7, 11) is 0. The standard InChI is InChI=1S/C14H11BrCl2FN/c15-12-4-2-9(16)6-11(12)14(19)5-8-1-3-10(18)7-13(8)17/h1-4,6-7,14H,5,19H2. The Labute approximate surface area is 129 Å². The van der Waals surface area contributed by atoms with Gasteiger partial charge in [0.2, 0.25) is 0 Å². The fourth-order valence-electron chi connectivity index (χ4n) is 1.83. The molecule has 2 aromatic carbocycles. The smallest absolute Gasteiger partial charge is 0.124 e. The summed E-state index contributed by atoms with van der Waals surface area (Å²) < 4.78 is 13.9. The van der Waals surface area contributed by atoms with Gasteiger partial charge in [-0.15, -0.1) is 0 Å². The molecule has 0 heterocycles. The average Bonchev–Trinajstić information content (AvgIpc) is 2.35. The monoisotopic (exact) mass is 361 g/mol. The molecular weight excluding hydrogens is 352 g/mol. The van der Waals surface area contributed by atoms with E-state index in [0.717, 1.165) is 15.6 Å². The van der Waals surface area contributed by atoms with Crippen molar-refractivity contribution in [3.05, 3.63) is 67.9 Å². The summed E-state index contributed by atoms with van der Waals surface area (Å²) >= 11 is 15.4. The number of hydrogen-bond acceptors (Lipinski definition) is 1. The van der Waals surface area contributed by atoms with Gasteiger partial charge >= 0.3 is 0 Å². The molecule has 0 amide bonds. The van der Waals surface area contributed by atoms with Gasteiger partial charge in [-0.3, -0.25) is 0 Å². The highest BCUT2D eigenvalue weighted by atomic mass is 79.9. The summed E-state index contributed by atoms with van der Waals surface area (Å²) in [6.45, 7) is 0. The minimum Gasteiger partial charge on any atom is -0.324 e. The molecule has 0 spiro atoms. The lowest BCUT2D eigenvalue weighted by Gasteiger charge is -2.15. The molecule has 19 heavy (non-hydrogen) atoms. The molecule has 1 unspecified atom stereocenters. The van der Waals surface area contributed by atoms with Crippen molar-refractivity contribution in [1.29, 1.82) is 0 Å². The van der Waals surface area contributed by atoms with Crippen molar-refractivity contribution in [3.63, 3.8) is 0 Å². The van der Waals surface area contributed by atoms with Crippen LogP contribution in [0.5, 0.6) is 0 Å². The number of benzene rings is 2. The Bertz CT molecular complexity index is 604. The van der Waals surface area contributed by atoms with Gasteiger partial charge < -0.3 is 5.73 Å². The van der Waals surface area contributed by atoms with Crippen LogP contribution in [-0.4, -0.2) is 0 Å². The molecule has 2 aromatic rings. The van der Waals surface area contributed by atoms with E-state index >= 15 is 0 Å². The van der Waals surface area contributed by atoms with Crippen LogP contribution in [0.3, 0.4) is 0 Å². The third kappa shape index (κ3) is 3.69. The minimum absolute atomic E-state index is 0.268. The molecular formula is C14H11BrCl2FN. The van der Waals surface area contributed by atoms with Crippen molar-refractivity contribution in [3.8, 4) is 0 Å². The van der Waals surface area contributed by atoms with Gasteiger partial charge in [0, 0.05) is 20.6 Å². The predicted octanol–water partition coefficient (Wildman–Crippen LogP) is 5.14. The highest BCUT2D eigenvalue weighted by molar-refractivity contribution is 9.10. The highest BCUT2D eigenvalue weighted by Gasteiger charge is 2.13. The summed E-state index contributed by atoms with van der Waals surface area (Å²) in [4.78, 5) is 0. The van der Waals surface area contributed by atoms with Crippen LogP contribution in [-0.2, 0) is 6.42 Å². The lowest BCUT2D eigenvalue weighted by atomic mass is 9.99. The Kier molecular flexibility index (Phi) is 4.85. The fraction of sp³-hybridized carbons (Fsp3) is 0.143. The molecule has 0 aliphatic carbocycles. The van der Waals surface area contributed by atoms with Crippen LogP contribution >= 0.6 is 39.1 Å². The largest absolute Gasteiger partial charge is 0.324 e. The molecule has 2 N–H and O–H groups in total. The van der Waals surface area contributed by atoms with E-state index in [-0.39, 0.29) is 11.9 Å². The molecule has 0 saturated heterocycles. The zero-order valence-electron chi connectivity index (χ0n) is 9.84. The normalized spacial score (nSPS) is 12.5. The van der Waals surface area contributed by atoms with Gasteiger partial charge in [-0.1, -0.05) is 45.2 Å². The topological polar surface area (TPSA) is 26.0 Å².